The first kappa shape index (κ1) is 23.3. The third-order valence-corrected chi connectivity index (χ3v) is 8.29. The fourth-order valence-electron chi connectivity index (χ4n) is 6.32. The topological polar surface area (TPSA) is 59.0 Å². The van der Waals surface area contributed by atoms with Gasteiger partial charge in [0, 0.05) is 55.7 Å². The van der Waals surface area contributed by atoms with Gasteiger partial charge in [-0.1, -0.05) is 0 Å². The summed E-state index contributed by atoms with van der Waals surface area (Å²) in [7, 11) is 0. The van der Waals surface area contributed by atoms with Gasteiger partial charge in [-0.05, 0) is 98.9 Å². The van der Waals surface area contributed by atoms with Crippen LogP contribution in [0.1, 0.15) is 66.1 Å². The molecule has 1 N–H and O–H groups in total. The molecule has 2 heterocycles. The summed E-state index contributed by atoms with van der Waals surface area (Å²) in [4.78, 5) is 14.5. The number of carbonyl (C=O) groups is 1. The number of aryl methyl sites for hydroxylation is 1. The van der Waals surface area contributed by atoms with Crippen LogP contribution in [0.3, 0.4) is 0 Å². The molecule has 0 aromatic heterocycles. The van der Waals surface area contributed by atoms with E-state index in [2.05, 4.69) is 11.8 Å². The van der Waals surface area contributed by atoms with Gasteiger partial charge in [0.05, 0.1) is 5.56 Å². The van der Waals surface area contributed by atoms with Gasteiger partial charge in [0.15, 0.2) is 0 Å². The minimum Gasteiger partial charge on any atom is -0.478 e. The van der Waals surface area contributed by atoms with Crippen molar-refractivity contribution in [3.05, 3.63) is 52.3 Å². The van der Waals surface area contributed by atoms with Crippen LogP contribution in [0.25, 0.3) is 11.1 Å². The van der Waals surface area contributed by atoms with E-state index < -0.39 is 5.97 Å². The predicted octanol–water partition coefficient (Wildman–Crippen LogP) is 5.50. The summed E-state index contributed by atoms with van der Waals surface area (Å²) in [5.74, 6) is -1.26. The van der Waals surface area contributed by atoms with Crippen LogP contribution in [0.15, 0.2) is 24.3 Å². The highest BCUT2D eigenvalue weighted by atomic mass is 19.1. The zero-order chi connectivity index (χ0) is 23.9. The Morgan fingerprint density at radius 3 is 2.47 bits per heavy atom. The van der Waals surface area contributed by atoms with Crippen molar-refractivity contribution in [3.63, 3.8) is 0 Å². The molecule has 2 aliphatic heterocycles. The number of carboxylic acids is 1. The van der Waals surface area contributed by atoms with Gasteiger partial charge in [0.2, 0.25) is 0 Å². The van der Waals surface area contributed by atoms with Gasteiger partial charge in [-0.2, -0.15) is 0 Å². The Morgan fingerprint density at radius 2 is 1.79 bits per heavy atom. The molecule has 0 bridgehead atoms. The number of benzene rings is 2. The largest absolute Gasteiger partial charge is 0.478 e. The average molecular weight is 468 g/mol. The number of carboxylic acid groups (broad SMARTS) is 1. The third kappa shape index (κ3) is 4.01. The molecular weight excluding hydrogens is 433 g/mol. The molecule has 2 fully saturated rings. The van der Waals surface area contributed by atoms with Crippen molar-refractivity contribution in [1.29, 1.82) is 0 Å². The molecule has 2 aromatic rings. The van der Waals surface area contributed by atoms with Crippen molar-refractivity contribution < 1.29 is 23.8 Å². The number of rotatable bonds is 5. The molecule has 0 unspecified atom stereocenters. The summed E-state index contributed by atoms with van der Waals surface area (Å²) in [5.41, 5.74) is 5.35. The second-order valence-electron chi connectivity index (χ2n) is 9.98. The van der Waals surface area contributed by atoms with Gasteiger partial charge in [0.1, 0.15) is 5.82 Å². The minimum absolute atomic E-state index is 0.0523. The molecule has 2 aromatic carbocycles. The Balaban J connectivity index is 1.63. The summed E-state index contributed by atoms with van der Waals surface area (Å²) in [6.45, 7) is 7.59. The van der Waals surface area contributed by atoms with Crippen LogP contribution in [-0.4, -0.2) is 50.1 Å². The maximum Gasteiger partial charge on any atom is 0.336 e. The van der Waals surface area contributed by atoms with Gasteiger partial charge in [0.25, 0.3) is 0 Å². The molecule has 0 radical (unpaired) electrons. The molecule has 3 aliphatic rings. The predicted molar refractivity (Wildman–Crippen MR) is 130 cm³/mol. The monoisotopic (exact) mass is 467 g/mol. The summed E-state index contributed by atoms with van der Waals surface area (Å²) < 4.78 is 26.7. The van der Waals surface area contributed by atoms with E-state index in [1.807, 2.05) is 19.1 Å². The lowest BCUT2D eigenvalue weighted by Gasteiger charge is -2.37. The van der Waals surface area contributed by atoms with E-state index >= 15 is 4.39 Å². The zero-order valence-electron chi connectivity index (χ0n) is 20.2. The summed E-state index contributed by atoms with van der Waals surface area (Å²) >= 11 is 0. The Bertz CT molecular complexity index is 1090. The van der Waals surface area contributed by atoms with Crippen LogP contribution in [0.4, 0.5) is 10.1 Å². The molecular formula is C28H34FNO4. The number of aromatic carboxylic acids is 1. The van der Waals surface area contributed by atoms with Crippen molar-refractivity contribution in [3.8, 4) is 11.1 Å². The van der Waals surface area contributed by atoms with Crippen LogP contribution >= 0.6 is 0 Å². The van der Waals surface area contributed by atoms with Crippen LogP contribution in [0, 0.1) is 12.7 Å². The molecule has 34 heavy (non-hydrogen) atoms. The standard InChI is InChI=1S/C28H34FNO4/c1-3-30(21-5-10-33-11-6-21)26-16-20(14-22(18(26)2)27(31)32)23-17-24-19(15-25(23)29)4-7-28(24)8-12-34-13-9-28/h14-17,21H,3-13H2,1-2H3,(H,31,32). The normalized spacial score (nSPS) is 19.9. The number of ether oxygens (including phenoxy) is 2. The number of hydrogen-bond acceptors (Lipinski definition) is 4. The first-order chi connectivity index (χ1) is 16.4. The SMILES string of the molecule is CCN(c1cc(-c2cc3c(cc2F)CCC32CCOCC2)cc(C(=O)O)c1C)C1CCOCC1. The van der Waals surface area contributed by atoms with Crippen LogP contribution in [-0.2, 0) is 21.3 Å². The Hall–Kier alpha value is -2.44. The molecule has 1 aliphatic carbocycles. The van der Waals surface area contributed by atoms with Gasteiger partial charge >= 0.3 is 5.97 Å². The number of hydrogen-bond donors (Lipinski definition) is 1. The fraction of sp³-hybridized carbons (Fsp3) is 0.536. The molecule has 0 atom stereocenters. The molecule has 1 spiro atoms. The van der Waals surface area contributed by atoms with E-state index in [1.165, 1.54) is 5.56 Å². The van der Waals surface area contributed by atoms with Gasteiger partial charge in [-0.15, -0.1) is 0 Å². The van der Waals surface area contributed by atoms with Gasteiger partial charge < -0.3 is 19.5 Å². The lowest BCUT2D eigenvalue weighted by molar-refractivity contribution is 0.0506. The van der Waals surface area contributed by atoms with E-state index in [-0.39, 0.29) is 22.8 Å². The number of fused-ring (bicyclic) bond motifs is 2. The highest BCUT2D eigenvalue weighted by Gasteiger charge is 2.40. The van der Waals surface area contributed by atoms with Crippen molar-refractivity contribution in [1.82, 2.24) is 0 Å². The Kier molecular flexibility index (Phi) is 6.38. The highest BCUT2D eigenvalue weighted by Crippen LogP contribution is 2.48. The fourth-order valence-corrected chi connectivity index (χ4v) is 6.32. The smallest absolute Gasteiger partial charge is 0.336 e. The molecule has 0 saturated carbocycles. The maximum absolute atomic E-state index is 15.5. The van der Waals surface area contributed by atoms with Crippen molar-refractivity contribution in [2.75, 3.05) is 37.9 Å². The van der Waals surface area contributed by atoms with E-state index in [0.29, 0.717) is 24.3 Å². The highest BCUT2D eigenvalue weighted by molar-refractivity contribution is 5.94. The summed E-state index contributed by atoms with van der Waals surface area (Å²) in [6.07, 6.45) is 5.63. The Morgan fingerprint density at radius 1 is 1.09 bits per heavy atom. The van der Waals surface area contributed by atoms with E-state index in [4.69, 9.17) is 9.47 Å². The zero-order valence-corrected chi connectivity index (χ0v) is 20.2. The molecule has 2 saturated heterocycles. The maximum atomic E-state index is 15.5. The van der Waals surface area contributed by atoms with Gasteiger partial charge in [-0.3, -0.25) is 0 Å². The van der Waals surface area contributed by atoms with Crippen molar-refractivity contribution in [2.24, 2.45) is 0 Å². The van der Waals surface area contributed by atoms with E-state index in [1.54, 1.807) is 12.1 Å². The van der Waals surface area contributed by atoms with Gasteiger partial charge in [-0.25, -0.2) is 9.18 Å². The minimum atomic E-state index is -0.980. The van der Waals surface area contributed by atoms with Crippen LogP contribution < -0.4 is 4.90 Å². The second-order valence-corrected chi connectivity index (χ2v) is 9.98. The molecule has 6 heteroatoms. The third-order valence-electron chi connectivity index (χ3n) is 8.29. The summed E-state index contributed by atoms with van der Waals surface area (Å²) in [6, 6.07) is 7.62. The molecule has 182 valence electrons. The quantitative estimate of drug-likeness (QED) is 0.629. The lowest BCUT2D eigenvalue weighted by atomic mass is 9.75. The summed E-state index contributed by atoms with van der Waals surface area (Å²) in [5, 5.41) is 10.0. The Labute approximate surface area is 200 Å². The first-order valence-electron chi connectivity index (χ1n) is 12.6. The molecule has 0 amide bonds. The van der Waals surface area contributed by atoms with E-state index in [9.17, 15) is 9.90 Å². The average Bonchev–Trinajstić information content (AvgIpc) is 3.17. The lowest BCUT2D eigenvalue weighted by Crippen LogP contribution is -2.40. The number of anilines is 1. The van der Waals surface area contributed by atoms with E-state index in [0.717, 1.165) is 75.1 Å². The first-order valence-corrected chi connectivity index (χ1v) is 12.6. The number of halogens is 1. The van der Waals surface area contributed by atoms with Crippen LogP contribution in [0.2, 0.25) is 0 Å². The molecule has 5 rings (SSSR count). The second kappa shape index (κ2) is 9.31. The number of nitrogens with zero attached hydrogens (tertiary/aromatic N) is 1. The van der Waals surface area contributed by atoms with Crippen molar-refractivity contribution >= 4 is 11.7 Å². The van der Waals surface area contributed by atoms with Crippen molar-refractivity contribution in [2.45, 2.75) is 63.8 Å². The van der Waals surface area contributed by atoms with Crippen LogP contribution in [0.5, 0.6) is 0 Å². The molecule has 5 nitrogen and oxygen atoms in total.